The number of hydrogen-bond donors (Lipinski definition) is 1. The van der Waals surface area contributed by atoms with Gasteiger partial charge in [0.1, 0.15) is 10.8 Å². The predicted octanol–water partition coefficient (Wildman–Crippen LogP) is 3.56. The average molecular weight is 296 g/mol. The highest BCUT2D eigenvalue weighted by Gasteiger charge is 2.30. The quantitative estimate of drug-likeness (QED) is 0.682. The SMILES string of the molecule is C=C/C=C\C(Cl)=C(/N)n1ccc(SC(F)(F)F)n1. The van der Waals surface area contributed by atoms with Gasteiger partial charge in [0, 0.05) is 18.0 Å². The summed E-state index contributed by atoms with van der Waals surface area (Å²) in [6.45, 7) is 3.45. The molecule has 0 saturated heterocycles. The lowest BCUT2D eigenvalue weighted by atomic mass is 10.4. The van der Waals surface area contributed by atoms with Crippen LogP contribution in [0.1, 0.15) is 0 Å². The van der Waals surface area contributed by atoms with Crippen molar-refractivity contribution in [3.05, 3.63) is 42.1 Å². The van der Waals surface area contributed by atoms with Crippen LogP contribution in [0.4, 0.5) is 13.2 Å². The minimum atomic E-state index is -4.38. The third-order valence-corrected chi connectivity index (χ3v) is 2.63. The average Bonchev–Trinajstić information content (AvgIpc) is 2.70. The van der Waals surface area contributed by atoms with Gasteiger partial charge in [0.05, 0.1) is 5.03 Å². The fraction of sp³-hybridized carbons (Fsp3) is 0.100. The monoisotopic (exact) mass is 295 g/mol. The first-order valence-corrected chi connectivity index (χ1v) is 5.79. The van der Waals surface area contributed by atoms with Crippen molar-refractivity contribution in [1.29, 1.82) is 0 Å². The highest BCUT2D eigenvalue weighted by molar-refractivity contribution is 8.00. The Balaban J connectivity index is 2.92. The van der Waals surface area contributed by atoms with Crippen LogP contribution in [-0.2, 0) is 0 Å². The van der Waals surface area contributed by atoms with Gasteiger partial charge in [0.2, 0.25) is 0 Å². The topological polar surface area (TPSA) is 43.8 Å². The van der Waals surface area contributed by atoms with Crippen molar-refractivity contribution in [2.45, 2.75) is 10.5 Å². The van der Waals surface area contributed by atoms with E-state index in [4.69, 9.17) is 17.3 Å². The van der Waals surface area contributed by atoms with Gasteiger partial charge in [-0.15, -0.1) is 0 Å². The second-order valence-corrected chi connectivity index (χ2v) is 4.47. The highest BCUT2D eigenvalue weighted by Crippen LogP contribution is 2.35. The molecule has 1 aromatic rings. The van der Waals surface area contributed by atoms with Gasteiger partial charge in [0.15, 0.2) is 0 Å². The molecule has 98 valence electrons. The first-order valence-electron chi connectivity index (χ1n) is 4.59. The van der Waals surface area contributed by atoms with E-state index < -0.39 is 5.51 Å². The third-order valence-electron chi connectivity index (χ3n) is 1.66. The van der Waals surface area contributed by atoms with Gasteiger partial charge in [-0.25, -0.2) is 4.68 Å². The normalized spacial score (nSPS) is 13.8. The zero-order chi connectivity index (χ0) is 13.8. The van der Waals surface area contributed by atoms with E-state index in [9.17, 15) is 13.2 Å². The van der Waals surface area contributed by atoms with E-state index >= 15 is 0 Å². The summed E-state index contributed by atoms with van der Waals surface area (Å²) in [6.07, 6.45) is 5.80. The van der Waals surface area contributed by atoms with Gasteiger partial charge in [-0.3, -0.25) is 0 Å². The van der Waals surface area contributed by atoms with Gasteiger partial charge < -0.3 is 5.73 Å². The van der Waals surface area contributed by atoms with Crippen LogP contribution >= 0.6 is 23.4 Å². The van der Waals surface area contributed by atoms with Crippen LogP contribution in [0.25, 0.3) is 5.82 Å². The molecule has 2 N–H and O–H groups in total. The van der Waals surface area contributed by atoms with Crippen LogP contribution in [0, 0.1) is 0 Å². The van der Waals surface area contributed by atoms with Crippen LogP contribution in [0.15, 0.2) is 47.1 Å². The van der Waals surface area contributed by atoms with Crippen molar-refractivity contribution in [1.82, 2.24) is 9.78 Å². The number of aromatic nitrogens is 2. The molecule has 8 heteroatoms. The summed E-state index contributed by atoms with van der Waals surface area (Å²) < 4.78 is 37.4. The molecule has 1 heterocycles. The molecule has 18 heavy (non-hydrogen) atoms. The zero-order valence-electron chi connectivity index (χ0n) is 8.99. The van der Waals surface area contributed by atoms with Crippen LogP contribution in [-0.4, -0.2) is 15.3 Å². The lowest BCUT2D eigenvalue weighted by Crippen LogP contribution is -2.08. The van der Waals surface area contributed by atoms with Crippen LogP contribution in [0.5, 0.6) is 0 Å². The molecule has 0 atom stereocenters. The number of nitrogens with zero attached hydrogens (tertiary/aromatic N) is 2. The number of halogens is 4. The van der Waals surface area contributed by atoms with E-state index in [0.717, 1.165) is 4.68 Å². The number of alkyl halides is 3. The van der Waals surface area contributed by atoms with Crippen molar-refractivity contribution < 1.29 is 13.2 Å². The minimum Gasteiger partial charge on any atom is -0.382 e. The van der Waals surface area contributed by atoms with Gasteiger partial charge >= 0.3 is 5.51 Å². The fourth-order valence-corrected chi connectivity index (χ4v) is 1.62. The Hall–Kier alpha value is -1.34. The Labute approximate surface area is 111 Å². The number of allylic oxidation sites excluding steroid dienone is 4. The van der Waals surface area contributed by atoms with Gasteiger partial charge in [-0.05, 0) is 12.1 Å². The Kier molecular flexibility index (Phi) is 4.92. The Morgan fingerprint density at radius 1 is 1.56 bits per heavy atom. The maximum absolute atomic E-state index is 12.1. The second-order valence-electron chi connectivity index (χ2n) is 2.97. The molecule has 0 amide bonds. The molecule has 0 aliphatic rings. The lowest BCUT2D eigenvalue weighted by Gasteiger charge is -2.03. The Bertz CT molecular complexity index is 491. The molecule has 0 aromatic carbocycles. The van der Waals surface area contributed by atoms with Crippen molar-refractivity contribution >= 4 is 29.2 Å². The molecule has 0 aliphatic carbocycles. The van der Waals surface area contributed by atoms with Crippen molar-refractivity contribution in [2.75, 3.05) is 0 Å². The van der Waals surface area contributed by atoms with Crippen molar-refractivity contribution in [2.24, 2.45) is 5.73 Å². The summed E-state index contributed by atoms with van der Waals surface area (Å²) in [7, 11) is 0. The highest BCUT2D eigenvalue weighted by atomic mass is 35.5. The molecule has 3 nitrogen and oxygen atoms in total. The molecule has 0 bridgehead atoms. The van der Waals surface area contributed by atoms with E-state index in [0.29, 0.717) is 0 Å². The number of rotatable bonds is 4. The van der Waals surface area contributed by atoms with E-state index in [-0.39, 0.29) is 27.6 Å². The molecule has 0 radical (unpaired) electrons. The van der Waals surface area contributed by atoms with Crippen molar-refractivity contribution in [3.63, 3.8) is 0 Å². The maximum Gasteiger partial charge on any atom is 0.447 e. The predicted molar refractivity (Wildman–Crippen MR) is 66.7 cm³/mol. The fourth-order valence-electron chi connectivity index (χ4n) is 0.962. The maximum atomic E-state index is 12.1. The van der Waals surface area contributed by atoms with Crippen LogP contribution in [0.3, 0.4) is 0 Å². The largest absolute Gasteiger partial charge is 0.447 e. The molecule has 0 fully saturated rings. The molecule has 0 spiro atoms. The molecule has 0 saturated carbocycles. The van der Waals surface area contributed by atoms with E-state index in [1.54, 1.807) is 6.08 Å². The molecule has 0 unspecified atom stereocenters. The van der Waals surface area contributed by atoms with Crippen LogP contribution in [0.2, 0.25) is 0 Å². The summed E-state index contributed by atoms with van der Waals surface area (Å²) in [5.74, 6) is 0.0313. The van der Waals surface area contributed by atoms with E-state index in [1.807, 2.05) is 0 Å². The zero-order valence-corrected chi connectivity index (χ0v) is 10.6. The van der Waals surface area contributed by atoms with Crippen LogP contribution < -0.4 is 5.73 Å². The summed E-state index contributed by atoms with van der Waals surface area (Å²) in [5.41, 5.74) is 1.24. The van der Waals surface area contributed by atoms with E-state index in [2.05, 4.69) is 11.7 Å². The number of nitrogens with two attached hydrogens (primary N) is 1. The Morgan fingerprint density at radius 2 is 2.22 bits per heavy atom. The molecular weight excluding hydrogens is 287 g/mol. The first kappa shape index (κ1) is 14.7. The lowest BCUT2D eigenvalue weighted by molar-refractivity contribution is -0.0329. The third kappa shape index (κ3) is 4.50. The molecule has 0 aliphatic heterocycles. The molecular formula is C10H9ClF3N3S. The number of thioether (sulfide) groups is 1. The summed E-state index contributed by atoms with van der Waals surface area (Å²) in [4.78, 5) is 0. The summed E-state index contributed by atoms with van der Waals surface area (Å²) in [6, 6.07) is 1.20. The standard InChI is InChI=1S/C10H9ClF3N3S/c1-2-3-4-7(11)9(15)17-6-5-8(16-17)18-10(12,13)14/h2-6H,1,15H2/b4-3-,9-7-. The molecule has 1 rings (SSSR count). The van der Waals surface area contributed by atoms with Gasteiger partial charge in [-0.2, -0.15) is 18.3 Å². The van der Waals surface area contributed by atoms with Gasteiger partial charge in [0.25, 0.3) is 0 Å². The smallest absolute Gasteiger partial charge is 0.382 e. The van der Waals surface area contributed by atoms with Gasteiger partial charge in [-0.1, -0.05) is 30.3 Å². The minimum absolute atomic E-state index is 0.0313. The summed E-state index contributed by atoms with van der Waals surface area (Å²) >= 11 is 5.50. The molecule has 1 aromatic heterocycles. The Morgan fingerprint density at radius 3 is 2.78 bits per heavy atom. The number of hydrogen-bond acceptors (Lipinski definition) is 3. The van der Waals surface area contributed by atoms with Crippen molar-refractivity contribution in [3.8, 4) is 0 Å². The second kappa shape index (κ2) is 6.01. The van der Waals surface area contributed by atoms with E-state index in [1.165, 1.54) is 24.4 Å². The summed E-state index contributed by atoms with van der Waals surface area (Å²) in [5, 5.41) is 3.61. The first-order chi connectivity index (χ1) is 8.33.